The molecule has 1 aromatic heterocycles. The highest BCUT2D eigenvalue weighted by Gasteiger charge is 2.28. The quantitative estimate of drug-likeness (QED) is 0.523. The summed E-state index contributed by atoms with van der Waals surface area (Å²) < 4.78 is 46.4. The highest BCUT2D eigenvalue weighted by Crippen LogP contribution is 2.32. The summed E-state index contributed by atoms with van der Waals surface area (Å²) in [7, 11) is 0. The van der Waals surface area contributed by atoms with E-state index in [0.717, 1.165) is 55.7 Å². The largest absolute Gasteiger partial charge is 0.438 e. The number of carbonyl (C=O) groups excluding carboxylic acids is 1. The highest BCUT2D eigenvalue weighted by molar-refractivity contribution is 5.79. The Morgan fingerprint density at radius 3 is 2.43 bits per heavy atom. The van der Waals surface area contributed by atoms with Crippen molar-refractivity contribution in [1.29, 1.82) is 0 Å². The fourth-order valence-corrected chi connectivity index (χ4v) is 4.44. The summed E-state index contributed by atoms with van der Waals surface area (Å²) in [4.78, 5) is 26.2. The molecule has 0 radical (unpaired) electrons. The molecule has 0 bridgehead atoms. The zero-order chi connectivity index (χ0) is 24.4. The van der Waals surface area contributed by atoms with Gasteiger partial charge in [0.1, 0.15) is 11.6 Å². The van der Waals surface area contributed by atoms with Crippen molar-refractivity contribution in [2.24, 2.45) is 0 Å². The van der Waals surface area contributed by atoms with Crippen molar-refractivity contribution in [1.82, 2.24) is 14.9 Å². The standard InChI is InChI=1S/C26H25F3N4O2/c27-18-6-4-17(5-7-18)14-24(34)33-13-10-23-20(16-33)25(35-19-8-9-21(28)22(29)15-19)31-26(30-23)32-11-2-1-3-12-32/h4-9,15H,1-3,10-14,16H2. The van der Waals surface area contributed by atoms with Gasteiger partial charge in [-0.1, -0.05) is 12.1 Å². The van der Waals surface area contributed by atoms with Gasteiger partial charge in [0.05, 0.1) is 24.2 Å². The first-order valence-corrected chi connectivity index (χ1v) is 11.8. The lowest BCUT2D eigenvalue weighted by molar-refractivity contribution is -0.131. The summed E-state index contributed by atoms with van der Waals surface area (Å²) in [5.74, 6) is -1.54. The van der Waals surface area contributed by atoms with Gasteiger partial charge in [-0.15, -0.1) is 0 Å². The smallest absolute Gasteiger partial charge is 0.229 e. The summed E-state index contributed by atoms with van der Waals surface area (Å²) in [6, 6.07) is 9.17. The third-order valence-electron chi connectivity index (χ3n) is 6.38. The summed E-state index contributed by atoms with van der Waals surface area (Å²) in [5, 5.41) is 0. The lowest BCUT2D eigenvalue weighted by Gasteiger charge is -2.32. The number of ether oxygens (including phenoxy) is 1. The van der Waals surface area contributed by atoms with Crippen LogP contribution in [0.4, 0.5) is 19.1 Å². The molecule has 0 spiro atoms. The molecule has 6 nitrogen and oxygen atoms in total. The molecule has 35 heavy (non-hydrogen) atoms. The monoisotopic (exact) mass is 482 g/mol. The maximum atomic E-state index is 13.8. The van der Waals surface area contributed by atoms with E-state index in [0.29, 0.717) is 24.5 Å². The van der Waals surface area contributed by atoms with Crippen LogP contribution in [0.3, 0.4) is 0 Å². The van der Waals surface area contributed by atoms with E-state index in [9.17, 15) is 18.0 Å². The summed E-state index contributed by atoms with van der Waals surface area (Å²) >= 11 is 0. The molecule has 1 fully saturated rings. The molecular formula is C26H25F3N4O2. The molecule has 9 heteroatoms. The van der Waals surface area contributed by atoms with Crippen LogP contribution in [-0.4, -0.2) is 40.4 Å². The van der Waals surface area contributed by atoms with Crippen molar-refractivity contribution in [3.8, 4) is 11.6 Å². The SMILES string of the molecule is O=C(Cc1ccc(F)cc1)N1CCc2nc(N3CCCCC3)nc(Oc3ccc(F)c(F)c3)c2C1. The van der Waals surface area contributed by atoms with Crippen molar-refractivity contribution in [3.63, 3.8) is 0 Å². The minimum atomic E-state index is -1.02. The maximum Gasteiger partial charge on any atom is 0.229 e. The predicted molar refractivity (Wildman–Crippen MR) is 124 cm³/mol. The summed E-state index contributed by atoms with van der Waals surface area (Å²) in [6.45, 7) is 2.39. The Morgan fingerprint density at radius 2 is 1.69 bits per heavy atom. The number of halogens is 3. The molecule has 1 amide bonds. The van der Waals surface area contributed by atoms with E-state index in [4.69, 9.17) is 9.72 Å². The Labute approximate surface area is 201 Å². The van der Waals surface area contributed by atoms with Crippen LogP contribution in [0.25, 0.3) is 0 Å². The molecule has 0 saturated carbocycles. The minimum absolute atomic E-state index is 0.110. The first-order chi connectivity index (χ1) is 17.0. The van der Waals surface area contributed by atoms with Gasteiger partial charge in [-0.2, -0.15) is 4.98 Å². The molecule has 5 rings (SSSR count). The van der Waals surface area contributed by atoms with Crippen LogP contribution >= 0.6 is 0 Å². The molecule has 182 valence electrons. The molecule has 1 saturated heterocycles. The van der Waals surface area contributed by atoms with E-state index < -0.39 is 11.6 Å². The van der Waals surface area contributed by atoms with Crippen molar-refractivity contribution in [3.05, 3.63) is 76.7 Å². The zero-order valence-corrected chi connectivity index (χ0v) is 19.1. The van der Waals surface area contributed by atoms with Crippen LogP contribution in [0, 0.1) is 17.5 Å². The first-order valence-electron chi connectivity index (χ1n) is 11.8. The number of benzene rings is 2. The number of hydrogen-bond donors (Lipinski definition) is 0. The lowest BCUT2D eigenvalue weighted by Crippen LogP contribution is -2.38. The number of fused-ring (bicyclic) bond motifs is 1. The van der Waals surface area contributed by atoms with Gasteiger partial charge >= 0.3 is 0 Å². The molecule has 0 unspecified atom stereocenters. The molecule has 2 aromatic carbocycles. The van der Waals surface area contributed by atoms with Crippen LogP contribution in [0.2, 0.25) is 0 Å². The number of amides is 1. The second kappa shape index (κ2) is 9.93. The second-order valence-corrected chi connectivity index (χ2v) is 8.85. The lowest BCUT2D eigenvalue weighted by atomic mass is 10.0. The number of carbonyl (C=O) groups is 1. The van der Waals surface area contributed by atoms with Crippen LogP contribution in [0.1, 0.15) is 36.1 Å². The normalized spacial score (nSPS) is 15.6. The van der Waals surface area contributed by atoms with E-state index in [-0.39, 0.29) is 36.3 Å². The van der Waals surface area contributed by atoms with Gasteiger partial charge in [0, 0.05) is 32.1 Å². The zero-order valence-electron chi connectivity index (χ0n) is 19.1. The Balaban J connectivity index is 1.43. The maximum absolute atomic E-state index is 13.8. The number of aromatic nitrogens is 2. The van der Waals surface area contributed by atoms with Crippen molar-refractivity contribution < 1.29 is 22.7 Å². The Hall–Kier alpha value is -3.62. The molecular weight excluding hydrogens is 457 g/mol. The number of nitrogens with zero attached hydrogens (tertiary/aromatic N) is 4. The Bertz CT molecular complexity index is 1230. The first kappa shape index (κ1) is 23.1. The second-order valence-electron chi connectivity index (χ2n) is 8.85. The Kier molecular flexibility index (Phi) is 6.57. The van der Waals surface area contributed by atoms with Gasteiger partial charge < -0.3 is 14.5 Å². The number of piperidine rings is 1. The minimum Gasteiger partial charge on any atom is -0.438 e. The van der Waals surface area contributed by atoms with E-state index in [1.165, 1.54) is 18.2 Å². The van der Waals surface area contributed by atoms with Crippen molar-refractivity contribution >= 4 is 11.9 Å². The van der Waals surface area contributed by atoms with Gasteiger partial charge in [-0.25, -0.2) is 18.2 Å². The van der Waals surface area contributed by atoms with Crippen LogP contribution in [0.5, 0.6) is 11.6 Å². The molecule has 0 aliphatic carbocycles. The van der Waals surface area contributed by atoms with E-state index >= 15 is 0 Å². The van der Waals surface area contributed by atoms with Crippen LogP contribution < -0.4 is 9.64 Å². The molecule has 0 N–H and O–H groups in total. The van der Waals surface area contributed by atoms with Gasteiger partial charge in [0.2, 0.25) is 17.7 Å². The number of anilines is 1. The Morgan fingerprint density at radius 1 is 0.914 bits per heavy atom. The average Bonchev–Trinajstić information content (AvgIpc) is 2.88. The van der Waals surface area contributed by atoms with Gasteiger partial charge in [0.25, 0.3) is 0 Å². The predicted octanol–water partition coefficient (Wildman–Crippen LogP) is 4.80. The molecule has 3 aromatic rings. The van der Waals surface area contributed by atoms with Gasteiger partial charge in [-0.3, -0.25) is 4.79 Å². The van der Waals surface area contributed by atoms with E-state index in [1.807, 2.05) is 0 Å². The molecule has 3 heterocycles. The van der Waals surface area contributed by atoms with Crippen molar-refractivity contribution in [2.75, 3.05) is 24.5 Å². The summed E-state index contributed by atoms with van der Waals surface area (Å²) in [6.07, 6.45) is 3.91. The van der Waals surface area contributed by atoms with Crippen molar-refractivity contribution in [2.45, 2.75) is 38.6 Å². The highest BCUT2D eigenvalue weighted by atomic mass is 19.2. The number of rotatable bonds is 5. The van der Waals surface area contributed by atoms with Crippen LogP contribution in [0.15, 0.2) is 42.5 Å². The molecule has 0 atom stereocenters. The fraction of sp³-hybridized carbons (Fsp3) is 0.346. The third-order valence-corrected chi connectivity index (χ3v) is 6.38. The summed E-state index contributed by atoms with van der Waals surface area (Å²) in [5.41, 5.74) is 2.15. The third kappa shape index (κ3) is 5.23. The van der Waals surface area contributed by atoms with E-state index in [1.54, 1.807) is 17.0 Å². The number of hydrogen-bond acceptors (Lipinski definition) is 5. The molecule has 2 aliphatic rings. The van der Waals surface area contributed by atoms with Gasteiger partial charge in [-0.05, 0) is 49.1 Å². The topological polar surface area (TPSA) is 58.6 Å². The van der Waals surface area contributed by atoms with Crippen LogP contribution in [-0.2, 0) is 24.2 Å². The molecule has 2 aliphatic heterocycles. The van der Waals surface area contributed by atoms with E-state index in [2.05, 4.69) is 9.88 Å². The average molecular weight is 483 g/mol. The fourth-order valence-electron chi connectivity index (χ4n) is 4.44. The van der Waals surface area contributed by atoms with Gasteiger partial charge in [0.15, 0.2) is 11.6 Å².